The maximum atomic E-state index is 11.5. The summed E-state index contributed by atoms with van der Waals surface area (Å²) in [5, 5.41) is 12.7. The van der Waals surface area contributed by atoms with E-state index in [1.807, 2.05) is 6.07 Å². The molecule has 0 fully saturated rings. The lowest BCUT2D eigenvalue weighted by atomic mass is 9.97. The van der Waals surface area contributed by atoms with Crippen molar-refractivity contribution >= 4 is 11.7 Å². The third-order valence-corrected chi connectivity index (χ3v) is 2.73. The van der Waals surface area contributed by atoms with E-state index in [0.29, 0.717) is 6.42 Å². The number of esters is 1. The molecule has 1 aliphatic heterocycles. The van der Waals surface area contributed by atoms with Gasteiger partial charge in [0.25, 0.3) is 0 Å². The van der Waals surface area contributed by atoms with Crippen LogP contribution in [0.4, 0.5) is 5.69 Å². The van der Waals surface area contributed by atoms with E-state index in [0.717, 1.165) is 11.3 Å². The lowest BCUT2D eigenvalue weighted by Crippen LogP contribution is -2.42. The molecule has 1 unspecified atom stereocenters. The quantitative estimate of drug-likeness (QED) is 0.681. The second kappa shape index (κ2) is 3.15. The standard InChI is InChI=1S/C11H13NO3/c1-11(10(14)15-2)6-7-8(12-11)4-3-5-9(7)13/h3-5,12-13H,6H2,1-2H3. The highest BCUT2D eigenvalue weighted by Gasteiger charge is 2.41. The summed E-state index contributed by atoms with van der Waals surface area (Å²) in [7, 11) is 1.36. The molecular formula is C11H13NO3. The Morgan fingerprint density at radius 2 is 2.33 bits per heavy atom. The number of fused-ring (bicyclic) bond motifs is 1. The van der Waals surface area contributed by atoms with E-state index in [-0.39, 0.29) is 11.7 Å². The summed E-state index contributed by atoms with van der Waals surface area (Å²) in [6, 6.07) is 5.19. The van der Waals surface area contributed by atoms with Gasteiger partial charge in [-0.05, 0) is 19.1 Å². The predicted octanol–water partition coefficient (Wildman–Crippen LogP) is 1.29. The Labute approximate surface area is 87.9 Å². The number of carbonyl (C=O) groups is 1. The van der Waals surface area contributed by atoms with Crippen LogP contribution < -0.4 is 5.32 Å². The predicted molar refractivity (Wildman–Crippen MR) is 55.9 cm³/mol. The maximum absolute atomic E-state index is 11.5. The van der Waals surface area contributed by atoms with Crippen LogP contribution in [0.15, 0.2) is 18.2 Å². The van der Waals surface area contributed by atoms with Gasteiger partial charge in [0.15, 0.2) is 0 Å². The molecule has 1 aliphatic rings. The van der Waals surface area contributed by atoms with E-state index in [1.165, 1.54) is 7.11 Å². The highest BCUT2D eigenvalue weighted by molar-refractivity contribution is 5.88. The summed E-state index contributed by atoms with van der Waals surface area (Å²) in [6.45, 7) is 1.76. The van der Waals surface area contributed by atoms with Crippen LogP contribution in [0.5, 0.6) is 5.75 Å². The normalized spacial score (nSPS) is 23.1. The molecule has 2 N–H and O–H groups in total. The molecule has 4 heteroatoms. The number of anilines is 1. The molecule has 4 nitrogen and oxygen atoms in total. The number of aromatic hydroxyl groups is 1. The van der Waals surface area contributed by atoms with Crippen LogP contribution in [0.25, 0.3) is 0 Å². The van der Waals surface area contributed by atoms with Crippen molar-refractivity contribution in [2.75, 3.05) is 12.4 Å². The Hall–Kier alpha value is -1.71. The second-order valence-corrected chi connectivity index (χ2v) is 3.93. The summed E-state index contributed by atoms with van der Waals surface area (Å²) in [5.74, 6) is -0.106. The topological polar surface area (TPSA) is 58.6 Å². The third-order valence-electron chi connectivity index (χ3n) is 2.73. The lowest BCUT2D eigenvalue weighted by molar-refractivity contribution is -0.145. The van der Waals surface area contributed by atoms with E-state index in [4.69, 9.17) is 4.74 Å². The monoisotopic (exact) mass is 207 g/mol. The second-order valence-electron chi connectivity index (χ2n) is 3.93. The first-order valence-corrected chi connectivity index (χ1v) is 4.74. The van der Waals surface area contributed by atoms with Gasteiger partial charge in [-0.1, -0.05) is 6.07 Å². The molecule has 1 atom stereocenters. The first kappa shape index (κ1) is 9.83. The van der Waals surface area contributed by atoms with Crippen molar-refractivity contribution in [2.24, 2.45) is 0 Å². The third kappa shape index (κ3) is 1.42. The molecule has 0 saturated heterocycles. The van der Waals surface area contributed by atoms with Crippen LogP contribution in [0.2, 0.25) is 0 Å². The average molecular weight is 207 g/mol. The highest BCUT2D eigenvalue weighted by atomic mass is 16.5. The van der Waals surface area contributed by atoms with Crippen molar-refractivity contribution in [3.8, 4) is 5.75 Å². The largest absolute Gasteiger partial charge is 0.508 e. The molecule has 0 radical (unpaired) electrons. The fourth-order valence-electron chi connectivity index (χ4n) is 1.92. The zero-order valence-corrected chi connectivity index (χ0v) is 8.70. The van der Waals surface area contributed by atoms with E-state index in [9.17, 15) is 9.90 Å². The highest BCUT2D eigenvalue weighted by Crippen LogP contribution is 2.37. The van der Waals surface area contributed by atoms with Gasteiger partial charge in [-0.15, -0.1) is 0 Å². The van der Waals surface area contributed by atoms with Crippen LogP contribution in [-0.2, 0) is 16.0 Å². The van der Waals surface area contributed by atoms with Crippen molar-refractivity contribution in [3.05, 3.63) is 23.8 Å². The molecule has 0 aromatic heterocycles. The van der Waals surface area contributed by atoms with Gasteiger partial charge in [0, 0.05) is 17.7 Å². The summed E-state index contributed by atoms with van der Waals surface area (Å²) in [4.78, 5) is 11.5. The minimum absolute atomic E-state index is 0.215. The van der Waals surface area contributed by atoms with Crippen molar-refractivity contribution < 1.29 is 14.6 Å². The molecule has 0 bridgehead atoms. The van der Waals surface area contributed by atoms with Crippen LogP contribution in [-0.4, -0.2) is 23.7 Å². The number of carbonyl (C=O) groups excluding carboxylic acids is 1. The van der Waals surface area contributed by atoms with E-state index in [2.05, 4.69) is 5.32 Å². The first-order chi connectivity index (χ1) is 7.07. The van der Waals surface area contributed by atoms with Gasteiger partial charge in [0.1, 0.15) is 11.3 Å². The number of hydrogen-bond acceptors (Lipinski definition) is 4. The fourth-order valence-corrected chi connectivity index (χ4v) is 1.92. The Balaban J connectivity index is 2.37. The van der Waals surface area contributed by atoms with Gasteiger partial charge in [-0.3, -0.25) is 0 Å². The smallest absolute Gasteiger partial charge is 0.331 e. The minimum Gasteiger partial charge on any atom is -0.508 e. The number of phenols is 1. The number of hydrogen-bond donors (Lipinski definition) is 2. The van der Waals surface area contributed by atoms with E-state index >= 15 is 0 Å². The maximum Gasteiger partial charge on any atom is 0.331 e. The van der Waals surface area contributed by atoms with Crippen LogP contribution in [0.3, 0.4) is 0 Å². The number of ether oxygens (including phenoxy) is 1. The van der Waals surface area contributed by atoms with Gasteiger partial charge in [0.05, 0.1) is 7.11 Å². The number of methoxy groups -OCH3 is 1. The fraction of sp³-hybridized carbons (Fsp3) is 0.364. The molecule has 0 saturated carbocycles. The van der Waals surface area contributed by atoms with Crippen molar-refractivity contribution in [3.63, 3.8) is 0 Å². The number of phenolic OH excluding ortho intramolecular Hbond substituents is 1. The van der Waals surface area contributed by atoms with Crippen LogP contribution in [0, 0.1) is 0 Å². The molecular weight excluding hydrogens is 194 g/mol. The molecule has 1 aromatic carbocycles. The number of nitrogens with one attached hydrogen (secondary N) is 1. The molecule has 2 rings (SSSR count). The molecule has 15 heavy (non-hydrogen) atoms. The number of benzene rings is 1. The van der Waals surface area contributed by atoms with E-state index in [1.54, 1.807) is 19.1 Å². The average Bonchev–Trinajstić information content (AvgIpc) is 2.57. The molecule has 0 spiro atoms. The van der Waals surface area contributed by atoms with Crippen LogP contribution in [0.1, 0.15) is 12.5 Å². The first-order valence-electron chi connectivity index (χ1n) is 4.74. The van der Waals surface area contributed by atoms with Gasteiger partial charge in [0.2, 0.25) is 0 Å². The molecule has 1 heterocycles. The summed E-state index contributed by atoms with van der Waals surface area (Å²) >= 11 is 0. The lowest BCUT2D eigenvalue weighted by Gasteiger charge is -2.21. The Bertz CT molecular complexity index is 416. The number of rotatable bonds is 1. The van der Waals surface area contributed by atoms with Gasteiger partial charge < -0.3 is 15.2 Å². The molecule has 0 aliphatic carbocycles. The van der Waals surface area contributed by atoms with Gasteiger partial charge >= 0.3 is 5.97 Å². The Morgan fingerprint density at radius 3 is 2.93 bits per heavy atom. The van der Waals surface area contributed by atoms with Crippen molar-refractivity contribution in [1.82, 2.24) is 0 Å². The van der Waals surface area contributed by atoms with Crippen molar-refractivity contribution in [2.45, 2.75) is 18.9 Å². The van der Waals surface area contributed by atoms with E-state index < -0.39 is 5.54 Å². The van der Waals surface area contributed by atoms with Crippen molar-refractivity contribution in [1.29, 1.82) is 0 Å². The Kier molecular flexibility index (Phi) is 2.07. The SMILES string of the molecule is COC(=O)C1(C)Cc2c(O)cccc2N1. The Morgan fingerprint density at radius 1 is 1.60 bits per heavy atom. The molecule has 0 amide bonds. The molecule has 80 valence electrons. The van der Waals surface area contributed by atoms with Gasteiger partial charge in [-0.2, -0.15) is 0 Å². The van der Waals surface area contributed by atoms with Gasteiger partial charge in [-0.25, -0.2) is 4.79 Å². The zero-order chi connectivity index (χ0) is 11.1. The molecule has 1 aromatic rings. The van der Waals surface area contributed by atoms with Crippen LogP contribution >= 0.6 is 0 Å². The minimum atomic E-state index is -0.768. The zero-order valence-electron chi connectivity index (χ0n) is 8.70. The summed E-state index contributed by atoms with van der Waals surface area (Å²) < 4.78 is 4.73. The summed E-state index contributed by atoms with van der Waals surface area (Å²) in [6.07, 6.45) is 0.446. The summed E-state index contributed by atoms with van der Waals surface area (Å²) in [5.41, 5.74) is 0.795.